The summed E-state index contributed by atoms with van der Waals surface area (Å²) in [5.74, 6) is -0.0874. The van der Waals surface area contributed by atoms with Gasteiger partial charge in [0.1, 0.15) is 0 Å². The molecule has 1 aliphatic heterocycles. The average molecular weight is 280 g/mol. The fourth-order valence-corrected chi connectivity index (χ4v) is 2.45. The van der Waals surface area contributed by atoms with Gasteiger partial charge < -0.3 is 15.4 Å². The van der Waals surface area contributed by atoms with Gasteiger partial charge in [0.15, 0.2) is 11.6 Å². The predicted octanol–water partition coefficient (Wildman–Crippen LogP) is 2.01. The first-order valence-electron chi connectivity index (χ1n) is 6.96. The molecule has 2 N–H and O–H groups in total. The van der Waals surface area contributed by atoms with Gasteiger partial charge in [-0.2, -0.15) is 0 Å². The lowest BCUT2D eigenvalue weighted by molar-refractivity contribution is -0.126. The first-order valence-corrected chi connectivity index (χ1v) is 6.96. The van der Waals surface area contributed by atoms with Crippen LogP contribution in [0.3, 0.4) is 0 Å². The minimum absolute atomic E-state index is 0.0511. The molecule has 0 radical (unpaired) electrons. The fourth-order valence-electron chi connectivity index (χ4n) is 2.45. The quantitative estimate of drug-likeness (QED) is 0.887. The lowest BCUT2D eigenvalue weighted by Crippen LogP contribution is -2.39. The number of halogens is 1. The Labute approximate surface area is 118 Å². The smallest absolute Gasteiger partial charge is 0.223 e. The molecule has 1 aliphatic rings. The number of benzene rings is 1. The third-order valence-corrected chi connectivity index (χ3v) is 3.74. The van der Waals surface area contributed by atoms with Crippen molar-refractivity contribution < 1.29 is 13.9 Å². The maximum absolute atomic E-state index is 13.7. The molecular formula is C15H21FN2O2. The van der Waals surface area contributed by atoms with E-state index >= 15 is 0 Å². The predicted molar refractivity (Wildman–Crippen MR) is 75.1 cm³/mol. The molecule has 5 heteroatoms. The number of hydrogen-bond donors (Lipinski definition) is 2. The highest BCUT2D eigenvalue weighted by Crippen LogP contribution is 2.22. The standard InChI is InChI=1S/C15H21FN2O2/c1-10(12-3-4-14(20-2)13(16)9-12)18-15(19)11-5-7-17-8-6-11/h3-4,9-11,17H,5-8H2,1-2H3,(H,18,19). The molecule has 1 atom stereocenters. The molecule has 1 saturated heterocycles. The number of ether oxygens (including phenoxy) is 1. The van der Waals surface area contributed by atoms with Crippen molar-refractivity contribution in [3.8, 4) is 5.75 Å². The molecule has 1 aromatic carbocycles. The second kappa shape index (κ2) is 6.70. The molecule has 0 aliphatic carbocycles. The van der Waals surface area contributed by atoms with Crippen molar-refractivity contribution in [3.05, 3.63) is 29.6 Å². The summed E-state index contributed by atoms with van der Waals surface area (Å²) >= 11 is 0. The second-order valence-electron chi connectivity index (χ2n) is 5.15. The zero-order valence-corrected chi connectivity index (χ0v) is 11.9. The van der Waals surface area contributed by atoms with Crippen LogP contribution in [-0.4, -0.2) is 26.1 Å². The largest absolute Gasteiger partial charge is 0.494 e. The molecule has 0 saturated carbocycles. The van der Waals surface area contributed by atoms with Gasteiger partial charge >= 0.3 is 0 Å². The number of piperidine rings is 1. The maximum atomic E-state index is 13.7. The molecule has 1 unspecified atom stereocenters. The fraction of sp³-hybridized carbons (Fsp3) is 0.533. The van der Waals surface area contributed by atoms with Crippen LogP contribution in [0, 0.1) is 11.7 Å². The van der Waals surface area contributed by atoms with Crippen molar-refractivity contribution in [1.82, 2.24) is 10.6 Å². The molecule has 20 heavy (non-hydrogen) atoms. The van der Waals surface area contributed by atoms with E-state index in [2.05, 4.69) is 10.6 Å². The van der Waals surface area contributed by atoms with E-state index in [4.69, 9.17) is 4.74 Å². The van der Waals surface area contributed by atoms with E-state index < -0.39 is 5.82 Å². The van der Waals surface area contributed by atoms with Crippen molar-refractivity contribution in [2.45, 2.75) is 25.8 Å². The first-order chi connectivity index (χ1) is 9.61. The van der Waals surface area contributed by atoms with Crippen molar-refractivity contribution in [1.29, 1.82) is 0 Å². The van der Waals surface area contributed by atoms with Crippen LogP contribution in [0.2, 0.25) is 0 Å². The molecule has 1 amide bonds. The highest BCUT2D eigenvalue weighted by atomic mass is 19.1. The van der Waals surface area contributed by atoms with E-state index in [9.17, 15) is 9.18 Å². The summed E-state index contributed by atoms with van der Waals surface area (Å²) in [6.07, 6.45) is 1.71. The zero-order valence-electron chi connectivity index (χ0n) is 11.9. The topological polar surface area (TPSA) is 50.4 Å². The van der Waals surface area contributed by atoms with Gasteiger partial charge in [-0.1, -0.05) is 6.07 Å². The van der Waals surface area contributed by atoms with Crippen molar-refractivity contribution >= 4 is 5.91 Å². The van der Waals surface area contributed by atoms with Crippen LogP contribution in [0.25, 0.3) is 0 Å². The molecule has 1 heterocycles. The lowest BCUT2D eigenvalue weighted by atomic mass is 9.96. The van der Waals surface area contributed by atoms with E-state index in [1.807, 2.05) is 6.92 Å². The van der Waals surface area contributed by atoms with Crippen LogP contribution in [0.5, 0.6) is 5.75 Å². The molecule has 0 spiro atoms. The number of carbonyl (C=O) groups excluding carboxylic acids is 1. The van der Waals surface area contributed by atoms with Crippen molar-refractivity contribution in [2.75, 3.05) is 20.2 Å². The zero-order chi connectivity index (χ0) is 14.5. The summed E-state index contributed by atoms with van der Waals surface area (Å²) in [5.41, 5.74) is 0.741. The van der Waals surface area contributed by atoms with Crippen LogP contribution in [0.1, 0.15) is 31.4 Å². The lowest BCUT2D eigenvalue weighted by Gasteiger charge is -2.24. The molecule has 4 nitrogen and oxygen atoms in total. The summed E-state index contributed by atoms with van der Waals surface area (Å²) in [6.45, 7) is 3.62. The van der Waals surface area contributed by atoms with E-state index in [0.29, 0.717) is 0 Å². The van der Waals surface area contributed by atoms with Crippen molar-refractivity contribution in [2.24, 2.45) is 5.92 Å². The van der Waals surface area contributed by atoms with Gasteiger partial charge in [0.05, 0.1) is 13.2 Å². The van der Waals surface area contributed by atoms with Crippen LogP contribution in [0.4, 0.5) is 4.39 Å². The minimum Gasteiger partial charge on any atom is -0.494 e. The van der Waals surface area contributed by atoms with Gasteiger partial charge in [0.25, 0.3) is 0 Å². The monoisotopic (exact) mass is 280 g/mol. The summed E-state index contributed by atoms with van der Waals surface area (Å²) in [5, 5.41) is 6.19. The summed E-state index contributed by atoms with van der Waals surface area (Å²) in [6, 6.07) is 4.55. The van der Waals surface area contributed by atoms with Crippen LogP contribution >= 0.6 is 0 Å². The first kappa shape index (κ1) is 14.8. The third-order valence-electron chi connectivity index (χ3n) is 3.74. The van der Waals surface area contributed by atoms with Crippen LogP contribution in [0.15, 0.2) is 18.2 Å². The molecule has 110 valence electrons. The van der Waals surface area contributed by atoms with Crippen LogP contribution in [-0.2, 0) is 4.79 Å². The van der Waals surface area contributed by atoms with Gasteiger partial charge in [-0.3, -0.25) is 4.79 Å². The van der Waals surface area contributed by atoms with Gasteiger partial charge in [-0.15, -0.1) is 0 Å². The van der Waals surface area contributed by atoms with E-state index in [-0.39, 0.29) is 23.6 Å². The number of nitrogens with one attached hydrogen (secondary N) is 2. The number of methoxy groups -OCH3 is 1. The molecular weight excluding hydrogens is 259 g/mol. The van der Waals surface area contributed by atoms with E-state index in [1.54, 1.807) is 12.1 Å². The maximum Gasteiger partial charge on any atom is 0.223 e. The molecule has 1 fully saturated rings. The SMILES string of the molecule is COc1ccc(C(C)NC(=O)C2CCNCC2)cc1F. The Balaban J connectivity index is 1.98. The molecule has 0 bridgehead atoms. The highest BCUT2D eigenvalue weighted by Gasteiger charge is 2.22. The second-order valence-corrected chi connectivity index (χ2v) is 5.15. The summed E-state index contributed by atoms with van der Waals surface area (Å²) in [7, 11) is 1.43. The Morgan fingerprint density at radius 3 is 2.75 bits per heavy atom. The Hall–Kier alpha value is -1.62. The number of carbonyl (C=O) groups is 1. The van der Waals surface area contributed by atoms with Gasteiger partial charge in [0.2, 0.25) is 5.91 Å². The highest BCUT2D eigenvalue weighted by molar-refractivity contribution is 5.79. The van der Waals surface area contributed by atoms with Crippen molar-refractivity contribution in [3.63, 3.8) is 0 Å². The summed E-state index contributed by atoms with van der Waals surface area (Å²) < 4.78 is 18.5. The number of rotatable bonds is 4. The van der Waals surface area contributed by atoms with E-state index in [0.717, 1.165) is 31.5 Å². The Morgan fingerprint density at radius 2 is 2.15 bits per heavy atom. The van der Waals surface area contributed by atoms with Crippen LogP contribution < -0.4 is 15.4 Å². The summed E-state index contributed by atoms with van der Waals surface area (Å²) in [4.78, 5) is 12.1. The van der Waals surface area contributed by atoms with E-state index in [1.165, 1.54) is 13.2 Å². The number of amides is 1. The Bertz CT molecular complexity index is 473. The third kappa shape index (κ3) is 3.48. The molecule has 0 aromatic heterocycles. The normalized spacial score (nSPS) is 17.6. The molecule has 2 rings (SSSR count). The Morgan fingerprint density at radius 1 is 1.45 bits per heavy atom. The average Bonchev–Trinajstić information content (AvgIpc) is 2.48. The van der Waals surface area contributed by atoms with Gasteiger partial charge in [0, 0.05) is 5.92 Å². The number of hydrogen-bond acceptors (Lipinski definition) is 3. The Kier molecular flexibility index (Phi) is 4.95. The molecule has 1 aromatic rings. The van der Waals surface area contributed by atoms with Gasteiger partial charge in [-0.05, 0) is 50.6 Å². The van der Waals surface area contributed by atoms with Gasteiger partial charge in [-0.25, -0.2) is 4.39 Å². The minimum atomic E-state index is -0.409.